The van der Waals surface area contributed by atoms with E-state index in [0.717, 1.165) is 45.3 Å². The van der Waals surface area contributed by atoms with Crippen LogP contribution in [-0.2, 0) is 4.79 Å². The molecule has 2 aliphatic rings. The molecule has 1 saturated carbocycles. The predicted octanol–water partition coefficient (Wildman–Crippen LogP) is 0.729. The van der Waals surface area contributed by atoms with Crippen molar-refractivity contribution in [2.45, 2.75) is 31.8 Å². The van der Waals surface area contributed by atoms with Gasteiger partial charge < -0.3 is 15.3 Å². The van der Waals surface area contributed by atoms with Crippen LogP contribution in [0.4, 0.5) is 0 Å². The number of hydrogen-bond acceptors (Lipinski definition) is 3. The summed E-state index contributed by atoms with van der Waals surface area (Å²) in [5.74, 6) is 0.870. The van der Waals surface area contributed by atoms with E-state index in [4.69, 9.17) is 0 Å². The number of aliphatic hydroxyl groups excluding tert-OH is 1. The number of carbonyl (C=O) groups excluding carboxylic acids is 1. The third-order valence-electron chi connectivity index (χ3n) is 3.88. The van der Waals surface area contributed by atoms with E-state index in [9.17, 15) is 9.90 Å². The highest BCUT2D eigenvalue weighted by Gasteiger charge is 2.27. The zero-order chi connectivity index (χ0) is 12.3. The minimum Gasteiger partial charge on any atom is -0.393 e. The zero-order valence-corrected chi connectivity index (χ0v) is 10.3. The molecule has 2 rings (SSSR count). The second-order valence-corrected chi connectivity index (χ2v) is 5.25. The molecule has 0 aromatic carbocycles. The average molecular weight is 238 g/mol. The summed E-state index contributed by atoms with van der Waals surface area (Å²) >= 11 is 0. The monoisotopic (exact) mass is 238 g/mol. The molecule has 0 bridgehead atoms. The molecule has 0 atom stereocenters. The fraction of sp³-hybridized carbons (Fsp3) is 0.769. The van der Waals surface area contributed by atoms with E-state index in [2.05, 4.69) is 16.8 Å². The van der Waals surface area contributed by atoms with Gasteiger partial charge in [-0.1, -0.05) is 6.58 Å². The molecular formula is C13H22N2O2. The third kappa shape index (κ3) is 3.22. The van der Waals surface area contributed by atoms with Gasteiger partial charge in [0.2, 0.25) is 5.91 Å². The molecule has 1 aliphatic heterocycles. The lowest BCUT2D eigenvalue weighted by Crippen LogP contribution is -2.49. The van der Waals surface area contributed by atoms with Crippen molar-refractivity contribution < 1.29 is 9.90 Å². The zero-order valence-electron chi connectivity index (χ0n) is 10.3. The maximum Gasteiger partial charge on any atom is 0.223 e. The second kappa shape index (κ2) is 5.54. The van der Waals surface area contributed by atoms with Gasteiger partial charge in [0, 0.05) is 31.5 Å². The Labute approximate surface area is 103 Å². The van der Waals surface area contributed by atoms with E-state index >= 15 is 0 Å². The highest BCUT2D eigenvalue weighted by atomic mass is 16.3. The molecule has 0 aromatic rings. The lowest BCUT2D eigenvalue weighted by atomic mass is 9.87. The van der Waals surface area contributed by atoms with Gasteiger partial charge in [0.25, 0.3) is 0 Å². The van der Waals surface area contributed by atoms with Gasteiger partial charge in [0.1, 0.15) is 0 Å². The Hall–Kier alpha value is -1.03. The number of amides is 1. The van der Waals surface area contributed by atoms with Gasteiger partial charge in [-0.2, -0.15) is 0 Å². The Bertz CT molecular complexity index is 279. The summed E-state index contributed by atoms with van der Waals surface area (Å²) in [5, 5.41) is 12.4. The first-order valence-corrected chi connectivity index (χ1v) is 6.51. The molecule has 1 saturated heterocycles. The largest absolute Gasteiger partial charge is 0.393 e. The molecule has 96 valence electrons. The highest BCUT2D eigenvalue weighted by molar-refractivity contribution is 5.78. The lowest BCUT2D eigenvalue weighted by Gasteiger charge is -2.38. The van der Waals surface area contributed by atoms with Crippen LogP contribution in [0, 0.1) is 11.8 Å². The standard InChI is InChI=1S/C13H22N2O2/c1-2-15-8-10(9-15)7-14-13(17)11-3-5-12(16)6-4-11/h2,10-12,16H,1,3-9H2,(H,14,17). The Morgan fingerprint density at radius 1 is 1.35 bits per heavy atom. The van der Waals surface area contributed by atoms with Gasteiger partial charge in [-0.25, -0.2) is 0 Å². The SMILES string of the molecule is C=CN1CC(CNC(=O)C2CCC(O)CC2)C1. The summed E-state index contributed by atoms with van der Waals surface area (Å²) in [5.41, 5.74) is 0. The van der Waals surface area contributed by atoms with Crippen molar-refractivity contribution in [3.63, 3.8) is 0 Å². The van der Waals surface area contributed by atoms with Gasteiger partial charge in [-0.3, -0.25) is 4.79 Å². The molecule has 1 amide bonds. The maximum atomic E-state index is 11.9. The van der Waals surface area contributed by atoms with Crippen LogP contribution in [0.1, 0.15) is 25.7 Å². The van der Waals surface area contributed by atoms with E-state index < -0.39 is 0 Å². The van der Waals surface area contributed by atoms with Crippen molar-refractivity contribution in [3.8, 4) is 0 Å². The van der Waals surface area contributed by atoms with Crippen LogP contribution in [-0.4, -0.2) is 41.7 Å². The Kier molecular flexibility index (Phi) is 4.05. The second-order valence-electron chi connectivity index (χ2n) is 5.25. The fourth-order valence-electron chi connectivity index (χ4n) is 2.62. The van der Waals surface area contributed by atoms with Gasteiger partial charge >= 0.3 is 0 Å². The Morgan fingerprint density at radius 2 is 2.00 bits per heavy atom. The van der Waals surface area contributed by atoms with Crippen LogP contribution in [0.5, 0.6) is 0 Å². The summed E-state index contributed by atoms with van der Waals surface area (Å²) in [6, 6.07) is 0. The highest BCUT2D eigenvalue weighted by Crippen LogP contribution is 2.24. The van der Waals surface area contributed by atoms with E-state index in [0.29, 0.717) is 5.92 Å². The van der Waals surface area contributed by atoms with E-state index in [1.165, 1.54) is 0 Å². The third-order valence-corrected chi connectivity index (χ3v) is 3.88. The molecule has 4 heteroatoms. The lowest BCUT2D eigenvalue weighted by molar-refractivity contribution is -0.127. The van der Waals surface area contributed by atoms with Gasteiger partial charge in [-0.15, -0.1) is 0 Å². The van der Waals surface area contributed by atoms with Crippen LogP contribution in [0.2, 0.25) is 0 Å². The minimum absolute atomic E-state index is 0.119. The Morgan fingerprint density at radius 3 is 2.59 bits per heavy atom. The predicted molar refractivity (Wildman–Crippen MR) is 66.2 cm³/mol. The molecule has 1 heterocycles. The first kappa shape index (κ1) is 12.4. The van der Waals surface area contributed by atoms with E-state index in [1.54, 1.807) is 0 Å². The maximum absolute atomic E-state index is 11.9. The Balaban J connectivity index is 1.63. The van der Waals surface area contributed by atoms with Crippen molar-refractivity contribution in [2.75, 3.05) is 19.6 Å². The fourth-order valence-corrected chi connectivity index (χ4v) is 2.62. The summed E-state index contributed by atoms with van der Waals surface area (Å²) in [6.07, 6.45) is 4.86. The summed E-state index contributed by atoms with van der Waals surface area (Å²) in [4.78, 5) is 14.0. The van der Waals surface area contributed by atoms with Crippen molar-refractivity contribution in [1.82, 2.24) is 10.2 Å². The number of likely N-dealkylation sites (tertiary alicyclic amines) is 1. The first-order chi connectivity index (χ1) is 8.19. The van der Waals surface area contributed by atoms with Crippen molar-refractivity contribution in [3.05, 3.63) is 12.8 Å². The molecule has 17 heavy (non-hydrogen) atoms. The first-order valence-electron chi connectivity index (χ1n) is 6.51. The van der Waals surface area contributed by atoms with E-state index in [-0.39, 0.29) is 17.9 Å². The number of rotatable bonds is 4. The smallest absolute Gasteiger partial charge is 0.223 e. The molecule has 2 fully saturated rings. The van der Waals surface area contributed by atoms with Gasteiger partial charge in [0.15, 0.2) is 0 Å². The minimum atomic E-state index is -0.188. The number of nitrogens with one attached hydrogen (secondary N) is 1. The molecule has 0 spiro atoms. The average Bonchev–Trinajstić information content (AvgIpc) is 2.28. The van der Waals surface area contributed by atoms with Crippen molar-refractivity contribution >= 4 is 5.91 Å². The van der Waals surface area contributed by atoms with Crippen LogP contribution in [0.3, 0.4) is 0 Å². The van der Waals surface area contributed by atoms with Crippen LogP contribution >= 0.6 is 0 Å². The van der Waals surface area contributed by atoms with Gasteiger partial charge in [0.05, 0.1) is 6.10 Å². The normalized spacial score (nSPS) is 29.6. The molecule has 0 radical (unpaired) electrons. The number of nitrogens with zero attached hydrogens (tertiary/aromatic N) is 1. The quantitative estimate of drug-likeness (QED) is 0.759. The molecule has 1 aliphatic carbocycles. The summed E-state index contributed by atoms with van der Waals surface area (Å²) in [7, 11) is 0. The topological polar surface area (TPSA) is 52.6 Å². The van der Waals surface area contributed by atoms with Crippen LogP contribution in [0.25, 0.3) is 0 Å². The molecular weight excluding hydrogens is 216 g/mol. The van der Waals surface area contributed by atoms with Crippen molar-refractivity contribution in [2.24, 2.45) is 11.8 Å². The molecule has 0 unspecified atom stereocenters. The summed E-state index contributed by atoms with van der Waals surface area (Å²) in [6.45, 7) is 6.50. The van der Waals surface area contributed by atoms with Crippen LogP contribution in [0.15, 0.2) is 12.8 Å². The van der Waals surface area contributed by atoms with Gasteiger partial charge in [-0.05, 0) is 31.9 Å². The van der Waals surface area contributed by atoms with Crippen molar-refractivity contribution in [1.29, 1.82) is 0 Å². The molecule has 2 N–H and O–H groups in total. The molecule has 4 nitrogen and oxygen atoms in total. The summed E-state index contributed by atoms with van der Waals surface area (Å²) < 4.78 is 0. The number of carbonyl (C=O) groups is 1. The number of hydrogen-bond donors (Lipinski definition) is 2. The molecule has 0 aromatic heterocycles. The number of aliphatic hydroxyl groups is 1. The van der Waals surface area contributed by atoms with Crippen LogP contribution < -0.4 is 5.32 Å². The van der Waals surface area contributed by atoms with E-state index in [1.807, 2.05) is 6.20 Å².